The molecule has 3 N–H and O–H groups in total. The van der Waals surface area contributed by atoms with E-state index in [2.05, 4.69) is 46.2 Å². The van der Waals surface area contributed by atoms with Gasteiger partial charge in [-0.3, -0.25) is 9.71 Å². The first-order chi connectivity index (χ1) is 19.4. The molecule has 3 aromatic carbocycles. The van der Waals surface area contributed by atoms with Crippen LogP contribution in [0.5, 0.6) is 0 Å². The van der Waals surface area contributed by atoms with Gasteiger partial charge in [0.15, 0.2) is 0 Å². The fourth-order valence-electron chi connectivity index (χ4n) is 4.16. The van der Waals surface area contributed by atoms with E-state index < -0.39 is 16.1 Å². The molecule has 1 atom stereocenters. The van der Waals surface area contributed by atoms with Crippen LogP contribution in [-0.4, -0.2) is 36.6 Å². The molecule has 0 spiro atoms. The van der Waals surface area contributed by atoms with Crippen LogP contribution in [0.3, 0.4) is 0 Å². The Balaban J connectivity index is 1.14. The Bertz CT molecular complexity index is 1640. The van der Waals surface area contributed by atoms with Gasteiger partial charge in [0.05, 0.1) is 16.7 Å². The number of hydrogen-bond donors (Lipinski definition) is 3. The maximum atomic E-state index is 13.0. The van der Waals surface area contributed by atoms with Gasteiger partial charge in [0, 0.05) is 46.7 Å². The van der Waals surface area contributed by atoms with Crippen LogP contribution in [0.4, 0.5) is 5.69 Å². The lowest BCUT2D eigenvalue weighted by Gasteiger charge is -2.12. The summed E-state index contributed by atoms with van der Waals surface area (Å²) in [7, 11) is -3.74. The van der Waals surface area contributed by atoms with Crippen LogP contribution in [-0.2, 0) is 16.4 Å². The van der Waals surface area contributed by atoms with Gasteiger partial charge in [-0.05, 0) is 55.8 Å². The van der Waals surface area contributed by atoms with E-state index in [1.807, 2.05) is 23.6 Å². The molecule has 0 saturated heterocycles. The summed E-state index contributed by atoms with van der Waals surface area (Å²) < 4.78 is 28.6. The summed E-state index contributed by atoms with van der Waals surface area (Å²) in [6.45, 7) is 3.16. The maximum Gasteiger partial charge on any atom is 0.261 e. The summed E-state index contributed by atoms with van der Waals surface area (Å²) in [6.07, 6.45) is 3.46. The molecule has 0 aliphatic rings. The number of aliphatic hydroxyl groups excluding tert-OH is 1. The standard InChI is InChI=1S/C31H30N4O3S2/c1-22-4-8-24(9-5-22)29-21-39-31(34-29)25-10-14-28(15-11-25)40(37,38)35-27-12-6-23(7-13-27)16-18-33-20-30(36)26-3-2-17-32-19-26/h2-15,17,19,21,30,33,35-36H,16,18,20H2,1H3/t30-/m0/s1. The second-order valence-electron chi connectivity index (χ2n) is 9.49. The number of hydrogen-bond acceptors (Lipinski definition) is 7. The minimum absolute atomic E-state index is 0.187. The normalized spacial score (nSPS) is 12.2. The third kappa shape index (κ3) is 7.00. The molecule has 7 nitrogen and oxygen atoms in total. The number of nitrogens with zero attached hydrogens (tertiary/aromatic N) is 2. The molecular weight excluding hydrogens is 541 g/mol. The van der Waals surface area contributed by atoms with Crippen molar-refractivity contribution in [1.29, 1.82) is 0 Å². The van der Waals surface area contributed by atoms with Gasteiger partial charge in [-0.15, -0.1) is 11.3 Å². The predicted octanol–water partition coefficient (Wildman–Crippen LogP) is 5.85. The molecule has 0 amide bonds. The largest absolute Gasteiger partial charge is 0.387 e. The van der Waals surface area contributed by atoms with E-state index in [1.165, 1.54) is 16.9 Å². The molecule has 40 heavy (non-hydrogen) atoms. The van der Waals surface area contributed by atoms with E-state index in [-0.39, 0.29) is 4.90 Å². The third-order valence-electron chi connectivity index (χ3n) is 6.47. The van der Waals surface area contributed by atoms with Crippen LogP contribution in [0.1, 0.15) is 22.8 Å². The van der Waals surface area contributed by atoms with E-state index in [1.54, 1.807) is 54.9 Å². The zero-order chi connectivity index (χ0) is 28.0. The van der Waals surface area contributed by atoms with Crippen molar-refractivity contribution in [2.45, 2.75) is 24.3 Å². The highest BCUT2D eigenvalue weighted by Gasteiger charge is 2.15. The molecule has 0 aliphatic carbocycles. The molecule has 2 aromatic heterocycles. The number of pyridine rings is 1. The second-order valence-corrected chi connectivity index (χ2v) is 12.0. The van der Waals surface area contributed by atoms with Crippen molar-refractivity contribution in [3.8, 4) is 21.8 Å². The molecule has 2 heterocycles. The van der Waals surface area contributed by atoms with Gasteiger partial charge < -0.3 is 10.4 Å². The van der Waals surface area contributed by atoms with Gasteiger partial charge in [-0.1, -0.05) is 60.2 Å². The number of nitrogens with one attached hydrogen (secondary N) is 2. The first kappa shape index (κ1) is 27.7. The molecule has 0 saturated carbocycles. The van der Waals surface area contributed by atoms with E-state index in [0.717, 1.165) is 39.4 Å². The van der Waals surface area contributed by atoms with Gasteiger partial charge in [0.2, 0.25) is 0 Å². The summed E-state index contributed by atoms with van der Waals surface area (Å²) in [4.78, 5) is 8.94. The number of sulfonamides is 1. The Morgan fingerprint density at radius 3 is 2.35 bits per heavy atom. The topological polar surface area (TPSA) is 104 Å². The average Bonchev–Trinajstić information content (AvgIpc) is 3.47. The van der Waals surface area contributed by atoms with Crippen molar-refractivity contribution in [2.24, 2.45) is 0 Å². The maximum absolute atomic E-state index is 13.0. The van der Waals surface area contributed by atoms with Gasteiger partial charge in [0.1, 0.15) is 5.01 Å². The quantitative estimate of drug-likeness (QED) is 0.172. The number of aromatic nitrogens is 2. The minimum atomic E-state index is -3.74. The Morgan fingerprint density at radius 2 is 1.65 bits per heavy atom. The molecule has 0 radical (unpaired) electrons. The van der Waals surface area contributed by atoms with Gasteiger partial charge >= 0.3 is 0 Å². The monoisotopic (exact) mass is 570 g/mol. The Labute approximate surface area is 238 Å². The zero-order valence-electron chi connectivity index (χ0n) is 22.0. The van der Waals surface area contributed by atoms with Crippen molar-refractivity contribution >= 4 is 27.0 Å². The van der Waals surface area contributed by atoms with E-state index in [4.69, 9.17) is 4.98 Å². The highest BCUT2D eigenvalue weighted by atomic mass is 32.2. The van der Waals surface area contributed by atoms with Crippen LogP contribution in [0.15, 0.2) is 108 Å². The fourth-order valence-corrected chi connectivity index (χ4v) is 6.05. The fraction of sp³-hybridized carbons (Fsp3) is 0.161. The number of thiazole rings is 1. The lowest BCUT2D eigenvalue weighted by molar-refractivity contribution is 0.174. The second kappa shape index (κ2) is 12.5. The van der Waals surface area contributed by atoms with Crippen molar-refractivity contribution < 1.29 is 13.5 Å². The summed E-state index contributed by atoms with van der Waals surface area (Å²) in [5.74, 6) is 0. The van der Waals surface area contributed by atoms with Crippen molar-refractivity contribution in [3.63, 3.8) is 0 Å². The van der Waals surface area contributed by atoms with Crippen molar-refractivity contribution in [2.75, 3.05) is 17.8 Å². The Morgan fingerprint density at radius 1 is 0.925 bits per heavy atom. The van der Waals surface area contributed by atoms with Crippen LogP contribution in [0, 0.1) is 6.92 Å². The first-order valence-corrected chi connectivity index (χ1v) is 15.3. The lowest BCUT2D eigenvalue weighted by Crippen LogP contribution is -2.23. The van der Waals surface area contributed by atoms with Crippen LogP contribution < -0.4 is 10.0 Å². The van der Waals surface area contributed by atoms with Crippen LogP contribution in [0.2, 0.25) is 0 Å². The Kier molecular flexibility index (Phi) is 8.66. The van der Waals surface area contributed by atoms with Crippen LogP contribution in [0.25, 0.3) is 21.8 Å². The Hall–Kier alpha value is -3.89. The predicted molar refractivity (Wildman–Crippen MR) is 161 cm³/mol. The van der Waals surface area contributed by atoms with Crippen molar-refractivity contribution in [1.82, 2.24) is 15.3 Å². The summed E-state index contributed by atoms with van der Waals surface area (Å²) in [6, 6.07) is 25.9. The minimum Gasteiger partial charge on any atom is -0.387 e. The molecule has 9 heteroatoms. The molecule has 0 unspecified atom stereocenters. The van der Waals surface area contributed by atoms with Gasteiger partial charge in [0.25, 0.3) is 10.0 Å². The molecule has 204 valence electrons. The van der Waals surface area contributed by atoms with Crippen molar-refractivity contribution in [3.05, 3.63) is 119 Å². The number of benzene rings is 3. The highest BCUT2D eigenvalue weighted by molar-refractivity contribution is 7.92. The van der Waals surface area contributed by atoms with Gasteiger partial charge in [-0.2, -0.15) is 0 Å². The number of aryl methyl sites for hydroxylation is 1. The molecule has 0 aliphatic heterocycles. The first-order valence-electron chi connectivity index (χ1n) is 12.9. The smallest absolute Gasteiger partial charge is 0.261 e. The molecule has 0 bridgehead atoms. The summed E-state index contributed by atoms with van der Waals surface area (Å²) in [5, 5.41) is 16.3. The zero-order valence-corrected chi connectivity index (χ0v) is 23.6. The average molecular weight is 571 g/mol. The highest BCUT2D eigenvalue weighted by Crippen LogP contribution is 2.30. The number of rotatable bonds is 11. The third-order valence-corrected chi connectivity index (χ3v) is 8.76. The summed E-state index contributed by atoms with van der Waals surface area (Å²) >= 11 is 1.53. The lowest BCUT2D eigenvalue weighted by atomic mass is 10.1. The molecular formula is C31H30N4O3S2. The van der Waals surface area contributed by atoms with E-state index >= 15 is 0 Å². The van der Waals surface area contributed by atoms with E-state index in [9.17, 15) is 13.5 Å². The summed E-state index contributed by atoms with van der Waals surface area (Å²) in [5.41, 5.74) is 6.35. The molecule has 5 aromatic rings. The van der Waals surface area contributed by atoms with Gasteiger partial charge in [-0.25, -0.2) is 13.4 Å². The number of aliphatic hydroxyl groups is 1. The SMILES string of the molecule is Cc1ccc(-c2csc(-c3ccc(S(=O)(=O)Nc4ccc(CCNC[C@H](O)c5cccnc5)cc4)cc3)n2)cc1. The van der Waals surface area contributed by atoms with E-state index in [0.29, 0.717) is 18.8 Å². The molecule has 5 rings (SSSR count). The van der Waals surface area contributed by atoms with Crippen LogP contribution >= 0.6 is 11.3 Å². The number of anilines is 1. The molecule has 0 fully saturated rings.